The number of nitrogens with zero attached hydrogens (tertiary/aromatic N) is 2. The molecule has 4 heteroatoms. The number of hydrogen-bond donors (Lipinski definition) is 0. The van der Waals surface area contributed by atoms with Gasteiger partial charge < -0.3 is 9.64 Å². The van der Waals surface area contributed by atoms with Gasteiger partial charge in [-0.2, -0.15) is 0 Å². The molecule has 1 fully saturated rings. The number of carbonyl (C=O) groups excluding carboxylic acids is 1. The van der Waals surface area contributed by atoms with Gasteiger partial charge in [-0.15, -0.1) is 0 Å². The van der Waals surface area contributed by atoms with Crippen LogP contribution in [-0.4, -0.2) is 41.4 Å². The van der Waals surface area contributed by atoms with Crippen molar-refractivity contribution in [2.45, 2.75) is 51.7 Å². The van der Waals surface area contributed by atoms with E-state index < -0.39 is 0 Å². The van der Waals surface area contributed by atoms with Crippen LogP contribution in [0.4, 0.5) is 0 Å². The van der Waals surface area contributed by atoms with Gasteiger partial charge in [-0.05, 0) is 65.8 Å². The van der Waals surface area contributed by atoms with E-state index in [0.29, 0.717) is 13.2 Å². The van der Waals surface area contributed by atoms with E-state index in [1.165, 1.54) is 16.7 Å². The first-order chi connectivity index (χ1) is 19.7. The molecule has 206 valence electrons. The summed E-state index contributed by atoms with van der Waals surface area (Å²) < 4.78 is 5.83. The second-order valence-electron chi connectivity index (χ2n) is 10.7. The predicted octanol–water partition coefficient (Wildman–Crippen LogP) is 7.84. The highest BCUT2D eigenvalue weighted by molar-refractivity contribution is 5.94. The average molecular weight is 533 g/mol. The highest BCUT2D eigenvalue weighted by Crippen LogP contribution is 2.25. The minimum absolute atomic E-state index is 0.0914. The first-order valence-electron chi connectivity index (χ1n) is 14.6. The molecule has 0 aliphatic carbocycles. The number of amides is 1. The van der Waals surface area contributed by atoms with E-state index in [1.54, 1.807) is 0 Å². The zero-order valence-corrected chi connectivity index (χ0v) is 23.5. The van der Waals surface area contributed by atoms with Crippen molar-refractivity contribution in [3.63, 3.8) is 0 Å². The van der Waals surface area contributed by atoms with Crippen LogP contribution >= 0.6 is 0 Å². The molecule has 1 amide bonds. The van der Waals surface area contributed by atoms with Crippen molar-refractivity contribution in [2.75, 3.05) is 19.7 Å². The monoisotopic (exact) mass is 532 g/mol. The molecular weight excluding hydrogens is 492 g/mol. The summed E-state index contributed by atoms with van der Waals surface area (Å²) in [4.78, 5) is 18.6. The highest BCUT2D eigenvalue weighted by atomic mass is 16.5. The molecule has 0 atom stereocenters. The smallest absolute Gasteiger partial charge is 0.254 e. The van der Waals surface area contributed by atoms with E-state index in [2.05, 4.69) is 95.6 Å². The van der Waals surface area contributed by atoms with Crippen molar-refractivity contribution in [3.8, 4) is 16.9 Å². The van der Waals surface area contributed by atoms with Gasteiger partial charge in [0.2, 0.25) is 0 Å². The molecule has 40 heavy (non-hydrogen) atoms. The Kier molecular flexibility index (Phi) is 9.65. The normalized spacial score (nSPS) is 14.1. The van der Waals surface area contributed by atoms with Gasteiger partial charge in [0.15, 0.2) is 0 Å². The lowest BCUT2D eigenvalue weighted by molar-refractivity contribution is 0.0543. The first-order valence-corrected chi connectivity index (χ1v) is 14.6. The van der Waals surface area contributed by atoms with Gasteiger partial charge in [0, 0.05) is 37.8 Å². The van der Waals surface area contributed by atoms with Crippen LogP contribution in [0.2, 0.25) is 0 Å². The molecule has 0 unspecified atom stereocenters. The maximum Gasteiger partial charge on any atom is 0.254 e. The molecule has 0 aromatic heterocycles. The Bertz CT molecular complexity index is 1310. The summed E-state index contributed by atoms with van der Waals surface area (Å²) in [7, 11) is 0. The fourth-order valence-electron chi connectivity index (χ4n) is 5.42. The third-order valence-electron chi connectivity index (χ3n) is 7.79. The Hall–Kier alpha value is -3.89. The number of hydrogen-bond acceptors (Lipinski definition) is 3. The standard InChI is InChI=1S/C36H40N2O2/c1-2-3-26-40-35-20-18-33(19-21-35)36(39)38(28-30-14-16-32(17-15-30)31-12-8-5-9-13-31)34-22-24-37(25-23-34)27-29-10-6-4-7-11-29/h4-21,34H,2-3,22-28H2,1H3. The molecule has 1 aliphatic rings. The molecule has 1 aliphatic heterocycles. The van der Waals surface area contributed by atoms with Crippen molar-refractivity contribution in [1.29, 1.82) is 0 Å². The van der Waals surface area contributed by atoms with Crippen molar-refractivity contribution in [3.05, 3.63) is 126 Å². The Morgan fingerprint density at radius 3 is 2.05 bits per heavy atom. The van der Waals surface area contributed by atoms with Crippen molar-refractivity contribution < 1.29 is 9.53 Å². The van der Waals surface area contributed by atoms with Crippen LogP contribution in [0.15, 0.2) is 109 Å². The van der Waals surface area contributed by atoms with Crippen LogP contribution in [0.3, 0.4) is 0 Å². The van der Waals surface area contributed by atoms with Gasteiger partial charge in [0.1, 0.15) is 5.75 Å². The summed E-state index contributed by atoms with van der Waals surface area (Å²) in [5.74, 6) is 0.913. The van der Waals surface area contributed by atoms with Gasteiger partial charge in [-0.25, -0.2) is 0 Å². The van der Waals surface area contributed by atoms with Crippen LogP contribution in [0, 0.1) is 0 Å². The fourth-order valence-corrected chi connectivity index (χ4v) is 5.42. The molecule has 4 nitrogen and oxygen atoms in total. The van der Waals surface area contributed by atoms with Crippen LogP contribution < -0.4 is 4.74 Å². The molecule has 0 N–H and O–H groups in total. The summed E-state index contributed by atoms with van der Waals surface area (Å²) in [5.41, 5.74) is 5.60. The van der Waals surface area contributed by atoms with Crippen LogP contribution in [-0.2, 0) is 13.1 Å². The molecule has 4 aromatic rings. The molecule has 0 radical (unpaired) electrons. The Morgan fingerprint density at radius 2 is 1.40 bits per heavy atom. The lowest BCUT2D eigenvalue weighted by atomic mass is 9.99. The number of piperidine rings is 1. The second kappa shape index (κ2) is 14.0. The van der Waals surface area contributed by atoms with E-state index in [-0.39, 0.29) is 11.9 Å². The molecule has 0 bridgehead atoms. The fraction of sp³-hybridized carbons (Fsp3) is 0.306. The maximum absolute atomic E-state index is 14.0. The molecule has 5 rings (SSSR count). The minimum Gasteiger partial charge on any atom is -0.494 e. The molecule has 4 aromatic carbocycles. The molecule has 0 spiro atoms. The number of ether oxygens (including phenoxy) is 1. The summed E-state index contributed by atoms with van der Waals surface area (Å²) >= 11 is 0. The van der Waals surface area contributed by atoms with E-state index in [1.807, 2.05) is 30.3 Å². The molecule has 1 saturated heterocycles. The van der Waals surface area contributed by atoms with E-state index in [9.17, 15) is 4.79 Å². The van der Waals surface area contributed by atoms with E-state index in [4.69, 9.17) is 4.74 Å². The summed E-state index contributed by atoms with van der Waals surface area (Å²) in [5, 5.41) is 0. The first kappa shape index (κ1) is 27.7. The topological polar surface area (TPSA) is 32.8 Å². The average Bonchev–Trinajstić information content (AvgIpc) is 3.02. The number of benzene rings is 4. The minimum atomic E-state index is 0.0914. The predicted molar refractivity (Wildman–Crippen MR) is 163 cm³/mol. The second-order valence-corrected chi connectivity index (χ2v) is 10.7. The lowest BCUT2D eigenvalue weighted by Crippen LogP contribution is -2.46. The molecule has 0 saturated carbocycles. The lowest BCUT2D eigenvalue weighted by Gasteiger charge is -2.39. The summed E-state index contributed by atoms with van der Waals surface area (Å²) in [6, 6.07) is 37.6. The van der Waals surface area contributed by atoms with Gasteiger partial charge in [-0.3, -0.25) is 9.69 Å². The highest BCUT2D eigenvalue weighted by Gasteiger charge is 2.29. The van der Waals surface area contributed by atoms with Gasteiger partial charge >= 0.3 is 0 Å². The third kappa shape index (κ3) is 7.40. The number of unbranched alkanes of at least 4 members (excludes halogenated alkanes) is 1. The zero-order chi connectivity index (χ0) is 27.6. The van der Waals surface area contributed by atoms with Crippen molar-refractivity contribution >= 4 is 5.91 Å². The number of likely N-dealkylation sites (tertiary alicyclic amines) is 1. The number of carbonyl (C=O) groups is 1. The zero-order valence-electron chi connectivity index (χ0n) is 23.5. The third-order valence-corrected chi connectivity index (χ3v) is 7.79. The molecular formula is C36H40N2O2. The number of rotatable bonds is 11. The van der Waals surface area contributed by atoms with Crippen molar-refractivity contribution in [1.82, 2.24) is 9.80 Å². The van der Waals surface area contributed by atoms with Crippen molar-refractivity contribution in [2.24, 2.45) is 0 Å². The summed E-state index contributed by atoms with van der Waals surface area (Å²) in [6.07, 6.45) is 4.07. The quantitative estimate of drug-likeness (QED) is 0.185. The van der Waals surface area contributed by atoms with E-state index in [0.717, 1.165) is 62.2 Å². The molecule has 1 heterocycles. The van der Waals surface area contributed by atoms with Crippen LogP contribution in [0.25, 0.3) is 11.1 Å². The van der Waals surface area contributed by atoms with Gasteiger partial charge in [0.25, 0.3) is 5.91 Å². The van der Waals surface area contributed by atoms with Crippen LogP contribution in [0.5, 0.6) is 5.75 Å². The SMILES string of the molecule is CCCCOc1ccc(C(=O)N(Cc2ccc(-c3ccccc3)cc2)C2CCN(Cc3ccccc3)CC2)cc1. The van der Waals surface area contributed by atoms with Crippen LogP contribution in [0.1, 0.15) is 54.1 Å². The van der Waals surface area contributed by atoms with Gasteiger partial charge in [0.05, 0.1) is 6.61 Å². The largest absolute Gasteiger partial charge is 0.494 e. The Morgan fingerprint density at radius 1 is 0.775 bits per heavy atom. The van der Waals surface area contributed by atoms with E-state index >= 15 is 0 Å². The Labute approximate surface area is 239 Å². The van der Waals surface area contributed by atoms with Gasteiger partial charge in [-0.1, -0.05) is 98.3 Å². The summed E-state index contributed by atoms with van der Waals surface area (Å²) in [6.45, 7) is 6.40. The maximum atomic E-state index is 14.0. The Balaban J connectivity index is 1.30.